The summed E-state index contributed by atoms with van der Waals surface area (Å²) in [5, 5.41) is 20.3. The second kappa shape index (κ2) is 5.91. The highest BCUT2D eigenvalue weighted by atomic mass is 16.5. The fourth-order valence-corrected chi connectivity index (χ4v) is 3.61. The Bertz CT molecular complexity index is 302. The first-order valence-corrected chi connectivity index (χ1v) is 7.70. The van der Waals surface area contributed by atoms with E-state index < -0.39 is 6.10 Å². The summed E-state index contributed by atoms with van der Waals surface area (Å²) in [4.78, 5) is 1.35. The zero-order valence-corrected chi connectivity index (χ0v) is 14.3. The summed E-state index contributed by atoms with van der Waals surface area (Å²) in [5.74, 6) is 0. The van der Waals surface area contributed by atoms with E-state index in [1.54, 1.807) is 0 Å². The maximum atomic E-state index is 10.3. The third-order valence-corrected chi connectivity index (χ3v) is 4.27. The molecule has 1 rings (SSSR count). The first-order valence-electron chi connectivity index (χ1n) is 7.70. The Morgan fingerprint density at radius 2 is 1.60 bits per heavy atom. The van der Waals surface area contributed by atoms with Crippen molar-refractivity contribution >= 4 is 0 Å². The molecule has 0 bridgehead atoms. The van der Waals surface area contributed by atoms with Gasteiger partial charge in [0.1, 0.15) is 12.6 Å². The maximum absolute atomic E-state index is 10.3. The number of quaternary nitrogens is 1. The Balaban J connectivity index is 2.68. The third-order valence-electron chi connectivity index (χ3n) is 4.27. The lowest BCUT2D eigenvalue weighted by atomic mass is 9.78. The van der Waals surface area contributed by atoms with Crippen LogP contribution in [-0.2, 0) is 4.74 Å². The predicted octanol–water partition coefficient (Wildman–Crippen LogP) is 0.759. The molecule has 1 aliphatic heterocycles. The largest absolute Gasteiger partial charge is 0.393 e. The molecule has 1 aliphatic rings. The fraction of sp³-hybridized carbons (Fsp3) is 1.00. The number of rotatable bonds is 4. The van der Waals surface area contributed by atoms with Gasteiger partial charge in [0, 0.05) is 12.8 Å². The summed E-state index contributed by atoms with van der Waals surface area (Å²) in [5.41, 5.74) is -0.298. The van der Waals surface area contributed by atoms with E-state index in [0.29, 0.717) is 13.2 Å². The van der Waals surface area contributed by atoms with Gasteiger partial charge in [0.15, 0.2) is 0 Å². The lowest BCUT2D eigenvalue weighted by Crippen LogP contribution is -3.27. The minimum Gasteiger partial charge on any atom is -0.393 e. The molecule has 120 valence electrons. The van der Waals surface area contributed by atoms with Crippen molar-refractivity contribution in [2.45, 2.75) is 90.2 Å². The Morgan fingerprint density at radius 3 is 2.00 bits per heavy atom. The maximum Gasteiger partial charge on any atom is 0.126 e. The third kappa shape index (κ3) is 4.99. The van der Waals surface area contributed by atoms with Gasteiger partial charge in [-0.1, -0.05) is 0 Å². The van der Waals surface area contributed by atoms with Crippen molar-refractivity contribution in [2.75, 3.05) is 13.2 Å². The summed E-state index contributed by atoms with van der Waals surface area (Å²) < 4.78 is 5.68. The molecule has 0 unspecified atom stereocenters. The molecule has 0 aromatic heterocycles. The number of aliphatic hydroxyl groups is 2. The molecule has 4 heteroatoms. The molecule has 20 heavy (non-hydrogen) atoms. The van der Waals surface area contributed by atoms with Crippen LogP contribution >= 0.6 is 0 Å². The standard InChI is InChI=1S/C16H33NO3/c1-14(2,3)20-11-13(19)10-17-15(4,5)8-12(18)9-16(17,6)7/h12-13,18-19H,8-11H2,1-7H3/p+1/t13-/m0/s1. The van der Waals surface area contributed by atoms with Gasteiger partial charge < -0.3 is 19.8 Å². The van der Waals surface area contributed by atoms with Crippen molar-refractivity contribution in [3.8, 4) is 0 Å². The van der Waals surface area contributed by atoms with Crippen LogP contribution in [0.3, 0.4) is 0 Å². The molecular weight excluding hydrogens is 254 g/mol. The van der Waals surface area contributed by atoms with Gasteiger partial charge in [-0.05, 0) is 48.5 Å². The summed E-state index contributed by atoms with van der Waals surface area (Å²) in [6.45, 7) is 15.7. The molecule has 1 fully saturated rings. The quantitative estimate of drug-likeness (QED) is 0.716. The normalized spacial score (nSPS) is 31.1. The smallest absolute Gasteiger partial charge is 0.126 e. The van der Waals surface area contributed by atoms with E-state index in [0.717, 1.165) is 12.8 Å². The molecule has 0 saturated carbocycles. The van der Waals surface area contributed by atoms with Gasteiger partial charge in [-0.15, -0.1) is 0 Å². The van der Waals surface area contributed by atoms with Gasteiger partial charge in [0.05, 0.1) is 29.4 Å². The summed E-state index contributed by atoms with van der Waals surface area (Å²) in [7, 11) is 0. The van der Waals surface area contributed by atoms with Crippen molar-refractivity contribution < 1.29 is 19.8 Å². The van der Waals surface area contributed by atoms with Gasteiger partial charge >= 0.3 is 0 Å². The van der Waals surface area contributed by atoms with Crippen LogP contribution in [0, 0.1) is 0 Å². The molecule has 1 saturated heterocycles. The Morgan fingerprint density at radius 1 is 1.15 bits per heavy atom. The van der Waals surface area contributed by atoms with Crippen molar-refractivity contribution in [1.29, 1.82) is 0 Å². The highest BCUT2D eigenvalue weighted by Gasteiger charge is 2.49. The van der Waals surface area contributed by atoms with Crippen molar-refractivity contribution in [3.05, 3.63) is 0 Å². The number of hydrogen-bond acceptors (Lipinski definition) is 3. The minimum absolute atomic E-state index is 0.0378. The first-order chi connectivity index (χ1) is 8.83. The molecule has 0 amide bonds. The van der Waals surface area contributed by atoms with Crippen LogP contribution in [-0.4, -0.2) is 52.3 Å². The lowest BCUT2D eigenvalue weighted by molar-refractivity contribution is -1.00. The zero-order valence-electron chi connectivity index (χ0n) is 14.3. The van der Waals surface area contributed by atoms with Crippen molar-refractivity contribution in [2.24, 2.45) is 0 Å². The van der Waals surface area contributed by atoms with Gasteiger partial charge in [0.25, 0.3) is 0 Å². The van der Waals surface area contributed by atoms with Gasteiger partial charge in [-0.2, -0.15) is 0 Å². The second-order valence-electron chi connectivity index (χ2n) is 8.59. The highest BCUT2D eigenvalue weighted by Crippen LogP contribution is 2.23. The van der Waals surface area contributed by atoms with Crippen LogP contribution in [0.15, 0.2) is 0 Å². The first kappa shape index (κ1) is 17.9. The van der Waals surface area contributed by atoms with Crippen LogP contribution in [0.1, 0.15) is 61.3 Å². The zero-order chi connectivity index (χ0) is 15.8. The molecule has 0 aliphatic carbocycles. The number of piperidine rings is 1. The van der Waals surface area contributed by atoms with E-state index in [9.17, 15) is 10.2 Å². The number of aliphatic hydroxyl groups excluding tert-OH is 2. The summed E-state index contributed by atoms with van der Waals surface area (Å²) in [6.07, 6.45) is 0.835. The second-order valence-corrected chi connectivity index (χ2v) is 8.59. The van der Waals surface area contributed by atoms with E-state index >= 15 is 0 Å². The molecule has 0 aromatic carbocycles. The van der Waals surface area contributed by atoms with E-state index in [-0.39, 0.29) is 22.8 Å². The molecule has 0 radical (unpaired) electrons. The number of hydrogen-bond donors (Lipinski definition) is 3. The average Bonchev–Trinajstić information content (AvgIpc) is 2.17. The SMILES string of the molecule is CC(C)(C)OC[C@@H](O)C[NH+]1C(C)(C)CC(O)CC1(C)C. The molecule has 1 atom stereocenters. The topological polar surface area (TPSA) is 54.1 Å². The van der Waals surface area contributed by atoms with Gasteiger partial charge in [-0.3, -0.25) is 0 Å². The van der Waals surface area contributed by atoms with Crippen LogP contribution in [0.5, 0.6) is 0 Å². The van der Waals surface area contributed by atoms with Crippen LogP contribution < -0.4 is 4.90 Å². The molecule has 0 aromatic rings. The van der Waals surface area contributed by atoms with Crippen molar-refractivity contribution in [3.63, 3.8) is 0 Å². The lowest BCUT2D eigenvalue weighted by Gasteiger charge is -2.51. The van der Waals surface area contributed by atoms with Crippen molar-refractivity contribution in [1.82, 2.24) is 0 Å². The molecule has 3 N–H and O–H groups in total. The van der Waals surface area contributed by atoms with E-state index in [4.69, 9.17) is 4.74 Å². The van der Waals surface area contributed by atoms with E-state index in [2.05, 4.69) is 27.7 Å². The van der Waals surface area contributed by atoms with Gasteiger partial charge in [-0.25, -0.2) is 0 Å². The highest BCUT2D eigenvalue weighted by molar-refractivity contribution is 4.86. The molecule has 1 heterocycles. The predicted molar refractivity (Wildman–Crippen MR) is 80.9 cm³/mol. The Labute approximate surface area is 124 Å². The van der Waals surface area contributed by atoms with Crippen LogP contribution in [0.25, 0.3) is 0 Å². The van der Waals surface area contributed by atoms with E-state index in [1.807, 2.05) is 20.8 Å². The van der Waals surface area contributed by atoms with Gasteiger partial charge in [0.2, 0.25) is 0 Å². The number of ether oxygens (including phenoxy) is 1. The summed E-state index contributed by atoms with van der Waals surface area (Å²) >= 11 is 0. The van der Waals surface area contributed by atoms with Crippen LogP contribution in [0.2, 0.25) is 0 Å². The number of nitrogens with one attached hydrogen (secondary N) is 1. The molecular formula is C16H34NO3+. The molecule has 0 spiro atoms. The minimum atomic E-state index is -0.474. The fourth-order valence-electron chi connectivity index (χ4n) is 3.61. The summed E-state index contributed by atoms with van der Waals surface area (Å²) in [6, 6.07) is 0. The Hall–Kier alpha value is -0.160. The average molecular weight is 288 g/mol. The Kier molecular flexibility index (Phi) is 5.29. The van der Waals surface area contributed by atoms with Crippen LogP contribution in [0.4, 0.5) is 0 Å². The van der Waals surface area contributed by atoms with E-state index in [1.165, 1.54) is 4.90 Å². The number of likely N-dealkylation sites (tertiary alicyclic amines) is 1. The molecule has 4 nitrogen and oxygen atoms in total. The monoisotopic (exact) mass is 288 g/mol.